The Morgan fingerprint density at radius 1 is 1.31 bits per heavy atom. The fourth-order valence-electron chi connectivity index (χ4n) is 1.09. The zero-order chi connectivity index (χ0) is 12.6. The van der Waals surface area contributed by atoms with Crippen LogP contribution in [0, 0.1) is 0 Å². The van der Waals surface area contributed by atoms with E-state index in [0.29, 0.717) is 11.7 Å². The monoisotopic (exact) mass is 224 g/mol. The summed E-state index contributed by atoms with van der Waals surface area (Å²) < 4.78 is 5.00. The highest BCUT2D eigenvalue weighted by Gasteiger charge is 2.01. The van der Waals surface area contributed by atoms with Gasteiger partial charge in [0.15, 0.2) is 6.61 Å². The van der Waals surface area contributed by atoms with Crippen molar-refractivity contribution in [3.63, 3.8) is 0 Å². The van der Waals surface area contributed by atoms with Gasteiger partial charge in [0.2, 0.25) is 0 Å². The standard InChI is InChI=1S/C11H14O3.CH2O/c1-8(2)9-3-5-10(6-4-9)14-7-11(12)13;1-2/h3-6,8H,7H2,1-2H3,(H,12,13);1H2. The summed E-state index contributed by atoms with van der Waals surface area (Å²) >= 11 is 0. The number of carboxylic acid groups (broad SMARTS) is 1. The molecular weight excluding hydrogens is 208 g/mol. The number of carboxylic acids is 1. The number of ether oxygens (including phenoxy) is 1. The van der Waals surface area contributed by atoms with E-state index in [0.717, 1.165) is 0 Å². The van der Waals surface area contributed by atoms with E-state index in [4.69, 9.17) is 14.6 Å². The predicted molar refractivity (Wildman–Crippen MR) is 60.8 cm³/mol. The van der Waals surface area contributed by atoms with Crippen LogP contribution in [-0.2, 0) is 9.59 Å². The molecule has 0 aliphatic carbocycles. The lowest BCUT2D eigenvalue weighted by molar-refractivity contribution is -0.139. The van der Waals surface area contributed by atoms with Gasteiger partial charge in [-0.2, -0.15) is 0 Å². The van der Waals surface area contributed by atoms with Gasteiger partial charge in [-0.05, 0) is 23.6 Å². The average Bonchev–Trinajstić information content (AvgIpc) is 2.29. The molecule has 0 aliphatic rings. The van der Waals surface area contributed by atoms with Crippen LogP contribution in [0.5, 0.6) is 5.75 Å². The Morgan fingerprint density at radius 3 is 2.19 bits per heavy atom. The summed E-state index contributed by atoms with van der Waals surface area (Å²) in [6.07, 6.45) is 0. The van der Waals surface area contributed by atoms with Gasteiger partial charge in [0.05, 0.1) is 0 Å². The Hall–Kier alpha value is -1.84. The second-order valence-electron chi connectivity index (χ2n) is 3.41. The summed E-state index contributed by atoms with van der Waals surface area (Å²) in [5.41, 5.74) is 1.22. The van der Waals surface area contributed by atoms with Crippen molar-refractivity contribution >= 4 is 12.8 Å². The molecule has 0 aliphatic heterocycles. The normalized spacial score (nSPS) is 9.19. The number of aliphatic carboxylic acids is 1. The highest BCUT2D eigenvalue weighted by molar-refractivity contribution is 5.68. The molecule has 0 saturated carbocycles. The van der Waals surface area contributed by atoms with E-state index >= 15 is 0 Å². The minimum Gasteiger partial charge on any atom is -0.482 e. The third-order valence-electron chi connectivity index (χ3n) is 1.91. The maximum Gasteiger partial charge on any atom is 0.341 e. The maximum absolute atomic E-state index is 10.2. The first-order valence-corrected chi connectivity index (χ1v) is 4.83. The molecule has 0 radical (unpaired) electrons. The third kappa shape index (κ3) is 5.14. The molecule has 0 bridgehead atoms. The molecular formula is C12H16O4. The van der Waals surface area contributed by atoms with Crippen molar-refractivity contribution in [2.24, 2.45) is 0 Å². The molecule has 0 saturated heterocycles. The van der Waals surface area contributed by atoms with Crippen LogP contribution in [0.15, 0.2) is 24.3 Å². The molecule has 0 atom stereocenters. The number of hydrogen-bond acceptors (Lipinski definition) is 3. The van der Waals surface area contributed by atoms with Crippen molar-refractivity contribution in [1.29, 1.82) is 0 Å². The van der Waals surface area contributed by atoms with Crippen molar-refractivity contribution in [1.82, 2.24) is 0 Å². The van der Waals surface area contributed by atoms with Crippen LogP contribution in [0.4, 0.5) is 0 Å². The van der Waals surface area contributed by atoms with Crippen LogP contribution in [-0.4, -0.2) is 24.5 Å². The summed E-state index contributed by atoms with van der Waals surface area (Å²) in [5.74, 6) is 0.109. The zero-order valence-corrected chi connectivity index (χ0v) is 9.47. The van der Waals surface area contributed by atoms with Gasteiger partial charge in [0.1, 0.15) is 12.5 Å². The van der Waals surface area contributed by atoms with Gasteiger partial charge in [-0.3, -0.25) is 0 Å². The lowest BCUT2D eigenvalue weighted by atomic mass is 10.0. The number of rotatable bonds is 4. The van der Waals surface area contributed by atoms with Crippen molar-refractivity contribution in [3.8, 4) is 5.75 Å². The third-order valence-corrected chi connectivity index (χ3v) is 1.91. The molecule has 4 heteroatoms. The Balaban J connectivity index is 0.00000106. The Kier molecular flexibility index (Phi) is 6.59. The smallest absolute Gasteiger partial charge is 0.341 e. The molecule has 88 valence electrons. The van der Waals surface area contributed by atoms with E-state index < -0.39 is 5.97 Å². The van der Waals surface area contributed by atoms with Crippen LogP contribution in [0.1, 0.15) is 25.3 Å². The fraction of sp³-hybridized carbons (Fsp3) is 0.333. The first-order valence-electron chi connectivity index (χ1n) is 4.83. The molecule has 0 aromatic heterocycles. The quantitative estimate of drug-likeness (QED) is 0.850. The van der Waals surface area contributed by atoms with Crippen molar-refractivity contribution < 1.29 is 19.4 Å². The zero-order valence-electron chi connectivity index (χ0n) is 9.47. The highest BCUT2D eigenvalue weighted by atomic mass is 16.5. The van der Waals surface area contributed by atoms with Gasteiger partial charge >= 0.3 is 5.97 Å². The molecule has 1 N–H and O–H groups in total. The van der Waals surface area contributed by atoms with Crippen LogP contribution in [0.2, 0.25) is 0 Å². The van der Waals surface area contributed by atoms with Gasteiger partial charge < -0.3 is 14.6 Å². The number of carbonyl (C=O) groups excluding carboxylic acids is 1. The molecule has 1 aromatic rings. The van der Waals surface area contributed by atoms with Crippen LogP contribution in [0.3, 0.4) is 0 Å². The van der Waals surface area contributed by atoms with Crippen molar-refractivity contribution in [3.05, 3.63) is 29.8 Å². The highest BCUT2D eigenvalue weighted by Crippen LogP contribution is 2.18. The first kappa shape index (κ1) is 14.2. The van der Waals surface area contributed by atoms with Crippen molar-refractivity contribution in [2.75, 3.05) is 6.61 Å². The minimum atomic E-state index is -0.960. The van der Waals surface area contributed by atoms with Gasteiger partial charge in [0, 0.05) is 0 Å². The molecule has 0 heterocycles. The minimum absolute atomic E-state index is 0.291. The molecule has 16 heavy (non-hydrogen) atoms. The van der Waals surface area contributed by atoms with E-state index in [9.17, 15) is 4.79 Å². The van der Waals surface area contributed by atoms with Gasteiger partial charge in [-0.15, -0.1) is 0 Å². The Bertz CT molecular complexity index is 316. The molecule has 1 rings (SSSR count). The predicted octanol–water partition coefficient (Wildman–Crippen LogP) is 2.09. The lowest BCUT2D eigenvalue weighted by Gasteiger charge is -2.07. The SMILES string of the molecule is C=O.CC(C)c1ccc(OCC(=O)O)cc1. The molecule has 4 nitrogen and oxygen atoms in total. The molecule has 1 aromatic carbocycles. The first-order chi connectivity index (χ1) is 7.59. The van der Waals surface area contributed by atoms with Crippen LogP contribution in [0.25, 0.3) is 0 Å². The summed E-state index contributed by atoms with van der Waals surface area (Å²) in [4.78, 5) is 18.2. The second-order valence-corrected chi connectivity index (χ2v) is 3.41. The van der Waals surface area contributed by atoms with Gasteiger partial charge in [-0.1, -0.05) is 26.0 Å². The van der Waals surface area contributed by atoms with E-state index in [-0.39, 0.29) is 6.61 Å². The molecule has 0 unspecified atom stereocenters. The molecule has 0 amide bonds. The van der Waals surface area contributed by atoms with E-state index in [1.807, 2.05) is 18.9 Å². The Morgan fingerprint density at radius 2 is 1.81 bits per heavy atom. The average molecular weight is 224 g/mol. The topological polar surface area (TPSA) is 63.6 Å². The van der Waals surface area contributed by atoms with Crippen molar-refractivity contribution in [2.45, 2.75) is 19.8 Å². The summed E-state index contributed by atoms with van der Waals surface area (Å²) in [5, 5.41) is 8.39. The van der Waals surface area contributed by atoms with Crippen LogP contribution >= 0.6 is 0 Å². The summed E-state index contributed by atoms with van der Waals surface area (Å²) in [6.45, 7) is 5.92. The Labute approximate surface area is 94.9 Å². The number of carbonyl (C=O) groups is 2. The summed E-state index contributed by atoms with van der Waals surface area (Å²) in [7, 11) is 0. The van der Waals surface area contributed by atoms with E-state index in [1.54, 1.807) is 12.1 Å². The number of benzene rings is 1. The van der Waals surface area contributed by atoms with Gasteiger partial charge in [0.25, 0.3) is 0 Å². The van der Waals surface area contributed by atoms with E-state index in [1.165, 1.54) is 5.56 Å². The number of hydrogen-bond donors (Lipinski definition) is 1. The second kappa shape index (κ2) is 7.45. The van der Waals surface area contributed by atoms with E-state index in [2.05, 4.69) is 13.8 Å². The molecule has 0 spiro atoms. The van der Waals surface area contributed by atoms with Gasteiger partial charge in [-0.25, -0.2) is 4.79 Å². The fourth-order valence-corrected chi connectivity index (χ4v) is 1.09. The van der Waals surface area contributed by atoms with Crippen LogP contribution < -0.4 is 4.74 Å². The molecule has 0 fully saturated rings. The maximum atomic E-state index is 10.2. The largest absolute Gasteiger partial charge is 0.482 e. The summed E-state index contributed by atoms with van der Waals surface area (Å²) in [6, 6.07) is 7.47. The lowest BCUT2D eigenvalue weighted by Crippen LogP contribution is -2.09.